The van der Waals surface area contributed by atoms with E-state index in [1.54, 1.807) is 0 Å². The van der Waals surface area contributed by atoms with Crippen LogP contribution < -0.4 is 5.73 Å². The summed E-state index contributed by atoms with van der Waals surface area (Å²) in [6.07, 6.45) is 2.58. The Kier molecular flexibility index (Phi) is 3.92. The largest absolute Gasteiger partial charge is 0.324 e. The number of hydrogen-bond acceptors (Lipinski definition) is 2. The lowest BCUT2D eigenvalue weighted by molar-refractivity contribution is 0.702. The molecule has 0 aliphatic rings. The van der Waals surface area contributed by atoms with Gasteiger partial charge in [0.05, 0.1) is 0 Å². The molecule has 2 rings (SSSR count). The number of pyridine rings is 1. The lowest BCUT2D eigenvalue weighted by Crippen LogP contribution is -2.14. The van der Waals surface area contributed by atoms with Crippen molar-refractivity contribution in [2.45, 2.75) is 19.4 Å². The van der Waals surface area contributed by atoms with Gasteiger partial charge in [-0.25, -0.2) is 0 Å². The topological polar surface area (TPSA) is 38.9 Å². The summed E-state index contributed by atoms with van der Waals surface area (Å²) >= 11 is 3.46. The van der Waals surface area contributed by atoms with Crippen molar-refractivity contribution in [3.63, 3.8) is 0 Å². The van der Waals surface area contributed by atoms with Gasteiger partial charge in [0.2, 0.25) is 0 Å². The summed E-state index contributed by atoms with van der Waals surface area (Å²) in [7, 11) is 0. The first-order chi connectivity index (χ1) is 8.16. The van der Waals surface area contributed by atoms with Crippen LogP contribution in [0.5, 0.6) is 0 Å². The van der Waals surface area contributed by atoms with Crippen LogP contribution in [0.4, 0.5) is 0 Å². The van der Waals surface area contributed by atoms with Crippen LogP contribution in [-0.2, 0) is 6.42 Å². The summed E-state index contributed by atoms with van der Waals surface area (Å²) in [5.74, 6) is 0. The third-order valence-corrected chi connectivity index (χ3v) is 3.30. The number of aromatic nitrogens is 1. The Bertz CT molecular complexity index is 511. The molecule has 17 heavy (non-hydrogen) atoms. The van der Waals surface area contributed by atoms with E-state index < -0.39 is 0 Å². The molecule has 0 aliphatic heterocycles. The zero-order valence-corrected chi connectivity index (χ0v) is 11.3. The number of nitrogens with zero attached hydrogens (tertiary/aromatic N) is 1. The quantitative estimate of drug-likeness (QED) is 0.941. The maximum absolute atomic E-state index is 6.20. The third-order valence-electron chi connectivity index (χ3n) is 2.81. The van der Waals surface area contributed by atoms with E-state index in [1.165, 1.54) is 5.56 Å². The first-order valence-corrected chi connectivity index (χ1v) is 6.37. The second kappa shape index (κ2) is 5.43. The summed E-state index contributed by atoms with van der Waals surface area (Å²) in [5.41, 5.74) is 9.60. The van der Waals surface area contributed by atoms with Gasteiger partial charge in [0.25, 0.3) is 0 Å². The molecule has 2 aromatic rings. The third kappa shape index (κ3) is 3.14. The molecule has 1 heterocycles. The van der Waals surface area contributed by atoms with E-state index in [0.29, 0.717) is 0 Å². The van der Waals surface area contributed by atoms with Gasteiger partial charge in [-0.05, 0) is 36.2 Å². The SMILES string of the molecule is Cc1cccnc1CC(N)c1cccc(Br)c1. The average molecular weight is 291 g/mol. The standard InChI is InChI=1S/C14H15BrN2/c1-10-4-3-7-17-14(10)9-13(16)11-5-2-6-12(15)8-11/h2-8,13H,9,16H2,1H3. The highest BCUT2D eigenvalue weighted by Crippen LogP contribution is 2.20. The Morgan fingerprint density at radius 3 is 2.82 bits per heavy atom. The van der Waals surface area contributed by atoms with E-state index in [9.17, 15) is 0 Å². The van der Waals surface area contributed by atoms with Crippen LogP contribution in [0, 0.1) is 6.92 Å². The smallest absolute Gasteiger partial charge is 0.0451 e. The van der Waals surface area contributed by atoms with Crippen LogP contribution in [0.15, 0.2) is 47.1 Å². The predicted octanol–water partition coefficient (Wildman–Crippen LogP) is 3.40. The van der Waals surface area contributed by atoms with Gasteiger partial charge >= 0.3 is 0 Å². The van der Waals surface area contributed by atoms with Crippen LogP contribution in [0.1, 0.15) is 22.9 Å². The molecule has 0 aliphatic carbocycles. The Hall–Kier alpha value is -1.19. The maximum Gasteiger partial charge on any atom is 0.0451 e. The van der Waals surface area contributed by atoms with Crippen LogP contribution in [0.2, 0.25) is 0 Å². The average Bonchev–Trinajstić information content (AvgIpc) is 2.32. The molecule has 0 amide bonds. The highest BCUT2D eigenvalue weighted by molar-refractivity contribution is 9.10. The Labute approximate surface area is 110 Å². The Morgan fingerprint density at radius 2 is 2.12 bits per heavy atom. The van der Waals surface area contributed by atoms with E-state index in [1.807, 2.05) is 30.5 Å². The monoisotopic (exact) mass is 290 g/mol. The fraction of sp³-hybridized carbons (Fsp3) is 0.214. The zero-order valence-electron chi connectivity index (χ0n) is 9.73. The van der Waals surface area contributed by atoms with Crippen molar-refractivity contribution < 1.29 is 0 Å². The van der Waals surface area contributed by atoms with Crippen molar-refractivity contribution in [2.24, 2.45) is 5.73 Å². The van der Waals surface area contributed by atoms with Gasteiger partial charge in [-0.1, -0.05) is 34.1 Å². The minimum atomic E-state index is -0.0129. The lowest BCUT2D eigenvalue weighted by Gasteiger charge is -2.13. The van der Waals surface area contributed by atoms with Crippen LogP contribution in [-0.4, -0.2) is 4.98 Å². The molecule has 1 aromatic heterocycles. The van der Waals surface area contributed by atoms with Crippen molar-refractivity contribution in [2.75, 3.05) is 0 Å². The molecular weight excluding hydrogens is 276 g/mol. The molecule has 2 nitrogen and oxygen atoms in total. The van der Waals surface area contributed by atoms with Gasteiger partial charge in [-0.2, -0.15) is 0 Å². The molecule has 1 atom stereocenters. The first-order valence-electron chi connectivity index (χ1n) is 5.58. The molecule has 1 unspecified atom stereocenters. The predicted molar refractivity (Wildman–Crippen MR) is 73.7 cm³/mol. The van der Waals surface area contributed by atoms with Crippen LogP contribution in [0.25, 0.3) is 0 Å². The molecule has 88 valence electrons. The second-order valence-electron chi connectivity index (χ2n) is 4.13. The van der Waals surface area contributed by atoms with E-state index in [4.69, 9.17) is 5.73 Å². The maximum atomic E-state index is 6.20. The van der Waals surface area contributed by atoms with E-state index in [2.05, 4.69) is 40.0 Å². The summed E-state index contributed by atoms with van der Waals surface area (Å²) < 4.78 is 1.06. The zero-order chi connectivity index (χ0) is 12.3. The van der Waals surface area contributed by atoms with Crippen LogP contribution >= 0.6 is 15.9 Å². The summed E-state index contributed by atoms with van der Waals surface area (Å²) in [6, 6.07) is 12.1. The molecule has 0 saturated heterocycles. The van der Waals surface area contributed by atoms with Crippen molar-refractivity contribution in [1.82, 2.24) is 4.98 Å². The molecule has 0 bridgehead atoms. The summed E-state index contributed by atoms with van der Waals surface area (Å²) in [4.78, 5) is 4.37. The molecule has 2 N–H and O–H groups in total. The second-order valence-corrected chi connectivity index (χ2v) is 5.05. The first kappa shape index (κ1) is 12.3. The Balaban J connectivity index is 2.17. The normalized spacial score (nSPS) is 12.4. The van der Waals surface area contributed by atoms with Gasteiger partial charge in [0.15, 0.2) is 0 Å². The number of rotatable bonds is 3. The van der Waals surface area contributed by atoms with Crippen molar-refractivity contribution in [1.29, 1.82) is 0 Å². The van der Waals surface area contributed by atoms with Crippen LogP contribution in [0.3, 0.4) is 0 Å². The van der Waals surface area contributed by atoms with Crippen molar-refractivity contribution >= 4 is 15.9 Å². The minimum Gasteiger partial charge on any atom is -0.324 e. The number of hydrogen-bond donors (Lipinski definition) is 1. The molecule has 0 spiro atoms. The van der Waals surface area contributed by atoms with Gasteiger partial charge in [-0.15, -0.1) is 0 Å². The fourth-order valence-corrected chi connectivity index (χ4v) is 2.21. The van der Waals surface area contributed by atoms with Gasteiger partial charge in [0.1, 0.15) is 0 Å². The molecule has 0 fully saturated rings. The number of benzene rings is 1. The molecule has 1 aromatic carbocycles. The number of halogens is 1. The van der Waals surface area contributed by atoms with Crippen molar-refractivity contribution in [3.8, 4) is 0 Å². The highest BCUT2D eigenvalue weighted by atomic mass is 79.9. The Morgan fingerprint density at radius 1 is 1.29 bits per heavy atom. The number of aryl methyl sites for hydroxylation is 1. The highest BCUT2D eigenvalue weighted by Gasteiger charge is 2.09. The van der Waals surface area contributed by atoms with Crippen molar-refractivity contribution in [3.05, 3.63) is 63.9 Å². The van der Waals surface area contributed by atoms with E-state index >= 15 is 0 Å². The molecule has 0 saturated carbocycles. The minimum absolute atomic E-state index is 0.0129. The molecule has 0 radical (unpaired) electrons. The van der Waals surface area contributed by atoms with Gasteiger partial charge in [0, 0.05) is 28.8 Å². The van der Waals surface area contributed by atoms with Gasteiger partial charge in [-0.3, -0.25) is 4.98 Å². The summed E-state index contributed by atoms with van der Waals surface area (Å²) in [5, 5.41) is 0. The van der Waals surface area contributed by atoms with E-state index in [0.717, 1.165) is 22.2 Å². The van der Waals surface area contributed by atoms with E-state index in [-0.39, 0.29) is 6.04 Å². The molecular formula is C14H15BrN2. The lowest BCUT2D eigenvalue weighted by atomic mass is 10.0. The number of nitrogens with two attached hydrogens (primary N) is 1. The summed E-state index contributed by atoms with van der Waals surface area (Å²) in [6.45, 7) is 2.07. The molecule has 3 heteroatoms. The van der Waals surface area contributed by atoms with Gasteiger partial charge < -0.3 is 5.73 Å². The fourth-order valence-electron chi connectivity index (χ4n) is 1.80.